The molecule has 0 fully saturated rings. The summed E-state index contributed by atoms with van der Waals surface area (Å²) >= 11 is 13.8. The molecule has 0 saturated carbocycles. The summed E-state index contributed by atoms with van der Waals surface area (Å²) in [6, 6.07) is 13.0. The van der Waals surface area contributed by atoms with Gasteiger partial charge in [0.05, 0.1) is 11.4 Å². The van der Waals surface area contributed by atoms with Crippen LogP contribution in [0.4, 0.5) is 5.69 Å². The van der Waals surface area contributed by atoms with Crippen LogP contribution in [0.15, 0.2) is 57.5 Å². The number of rotatable bonds is 2. The fourth-order valence-corrected chi connectivity index (χ4v) is 3.57. The molecule has 4 nitrogen and oxygen atoms in total. The number of hydrogen-bond donors (Lipinski definition) is 2. The highest BCUT2D eigenvalue weighted by Crippen LogP contribution is 2.32. The van der Waals surface area contributed by atoms with E-state index >= 15 is 0 Å². The molecule has 0 radical (unpaired) electrons. The van der Waals surface area contributed by atoms with Crippen LogP contribution in [0.1, 0.15) is 12.0 Å². The fourth-order valence-electron chi connectivity index (χ4n) is 2.20. The zero-order valence-electron chi connectivity index (χ0n) is 12.1. The molecule has 0 spiro atoms. The molecule has 0 saturated heterocycles. The van der Waals surface area contributed by atoms with Crippen molar-refractivity contribution in [2.75, 3.05) is 5.75 Å². The number of fused-ring (bicyclic) bond motifs is 1. The van der Waals surface area contributed by atoms with Crippen molar-refractivity contribution in [1.82, 2.24) is 5.43 Å². The molecule has 0 aromatic heterocycles. The van der Waals surface area contributed by atoms with E-state index in [0.29, 0.717) is 15.7 Å². The van der Waals surface area contributed by atoms with E-state index in [1.165, 1.54) is 4.90 Å². The van der Waals surface area contributed by atoms with Crippen LogP contribution in [0.2, 0.25) is 10.0 Å². The number of hydrogen-bond acceptors (Lipinski definition) is 3. The molecule has 2 aromatic rings. The number of nitrogens with zero attached hydrogens (tertiary/aromatic N) is 2. The summed E-state index contributed by atoms with van der Waals surface area (Å²) in [5.41, 5.74) is 11.3. The van der Waals surface area contributed by atoms with Gasteiger partial charge in [-0.3, -0.25) is 0 Å². The van der Waals surface area contributed by atoms with Crippen molar-refractivity contribution in [1.29, 1.82) is 0 Å². The third-order valence-corrected chi connectivity index (χ3v) is 4.76. The Labute approximate surface area is 148 Å². The number of hydrazone groups is 1. The number of guanidine groups is 1. The second-order valence-corrected chi connectivity index (χ2v) is 6.90. The summed E-state index contributed by atoms with van der Waals surface area (Å²) in [6.45, 7) is 0. The topological polar surface area (TPSA) is 62.8 Å². The zero-order chi connectivity index (χ0) is 16.2. The lowest BCUT2D eigenvalue weighted by molar-refractivity contribution is 0.986. The number of benzene rings is 2. The van der Waals surface area contributed by atoms with Crippen molar-refractivity contribution in [2.24, 2.45) is 15.8 Å². The number of nitrogens with two attached hydrogens (primary N) is 1. The van der Waals surface area contributed by atoms with E-state index in [1.807, 2.05) is 30.3 Å². The smallest absolute Gasteiger partial charge is 0.214 e. The quantitative estimate of drug-likeness (QED) is 0.470. The molecular weight excluding hydrogens is 351 g/mol. The van der Waals surface area contributed by atoms with Gasteiger partial charge in [-0.15, -0.1) is 11.8 Å². The zero-order valence-corrected chi connectivity index (χ0v) is 14.4. The van der Waals surface area contributed by atoms with E-state index in [9.17, 15) is 0 Å². The predicted molar refractivity (Wildman–Crippen MR) is 99.2 cm³/mol. The molecule has 0 atom stereocenters. The fraction of sp³-hybridized carbons (Fsp3) is 0.125. The second-order valence-electron chi connectivity index (χ2n) is 4.89. The van der Waals surface area contributed by atoms with Crippen LogP contribution in [0.5, 0.6) is 0 Å². The van der Waals surface area contributed by atoms with E-state index in [2.05, 4.69) is 15.5 Å². The van der Waals surface area contributed by atoms with E-state index < -0.39 is 0 Å². The maximum absolute atomic E-state index is 6.08. The highest BCUT2D eigenvalue weighted by atomic mass is 35.5. The molecule has 3 rings (SSSR count). The monoisotopic (exact) mass is 364 g/mol. The molecule has 2 aromatic carbocycles. The summed E-state index contributed by atoms with van der Waals surface area (Å²) in [5.74, 6) is 1.18. The SMILES string of the molecule is NC(=Nc1cccc(Cl)c1)N/N=C1\CCSc2ccc(Cl)cc21. The second kappa shape index (κ2) is 7.25. The van der Waals surface area contributed by atoms with Gasteiger partial charge in [-0.05, 0) is 36.4 Å². The van der Waals surface area contributed by atoms with Crippen molar-refractivity contribution >= 4 is 52.3 Å². The maximum Gasteiger partial charge on any atom is 0.214 e. The molecule has 23 heavy (non-hydrogen) atoms. The minimum absolute atomic E-state index is 0.210. The molecule has 118 valence electrons. The average Bonchev–Trinajstić information content (AvgIpc) is 2.53. The van der Waals surface area contributed by atoms with Crippen molar-refractivity contribution in [2.45, 2.75) is 11.3 Å². The van der Waals surface area contributed by atoms with Crippen molar-refractivity contribution in [3.63, 3.8) is 0 Å². The molecule has 1 heterocycles. The summed E-state index contributed by atoms with van der Waals surface area (Å²) in [7, 11) is 0. The largest absolute Gasteiger partial charge is 0.368 e. The van der Waals surface area contributed by atoms with Gasteiger partial charge in [-0.25, -0.2) is 10.4 Å². The standard InChI is InChI=1S/C16H14Cl2N4S/c17-10-2-1-3-12(8-10)20-16(19)22-21-14-6-7-23-15-5-4-11(18)9-13(14)15/h1-5,8-9H,6-7H2,(H3,19,20,22)/b21-14+. The molecule has 1 aliphatic heterocycles. The summed E-state index contributed by atoms with van der Waals surface area (Å²) in [6.07, 6.45) is 0.843. The normalized spacial score (nSPS) is 16.3. The molecule has 0 unspecified atom stereocenters. The number of nitrogens with one attached hydrogen (secondary N) is 1. The summed E-state index contributed by atoms with van der Waals surface area (Å²) < 4.78 is 0. The third-order valence-electron chi connectivity index (χ3n) is 3.21. The molecule has 0 aliphatic carbocycles. The van der Waals surface area contributed by atoms with Gasteiger partial charge in [0.2, 0.25) is 5.96 Å². The minimum Gasteiger partial charge on any atom is -0.368 e. The molecular formula is C16H14Cl2N4S. The Bertz CT molecular complexity index is 789. The third kappa shape index (κ3) is 4.19. The van der Waals surface area contributed by atoms with E-state index in [4.69, 9.17) is 28.9 Å². The van der Waals surface area contributed by atoms with Gasteiger partial charge in [-0.1, -0.05) is 29.3 Å². The van der Waals surface area contributed by atoms with Gasteiger partial charge >= 0.3 is 0 Å². The van der Waals surface area contributed by atoms with Crippen LogP contribution in [0.3, 0.4) is 0 Å². The Morgan fingerprint density at radius 2 is 1.96 bits per heavy atom. The van der Waals surface area contributed by atoms with E-state index in [1.54, 1.807) is 23.9 Å². The van der Waals surface area contributed by atoms with Crippen LogP contribution in [-0.2, 0) is 0 Å². The van der Waals surface area contributed by atoms with Gasteiger partial charge in [-0.2, -0.15) is 5.10 Å². The highest BCUT2D eigenvalue weighted by Gasteiger charge is 2.16. The lowest BCUT2D eigenvalue weighted by Gasteiger charge is -2.17. The minimum atomic E-state index is 0.210. The van der Waals surface area contributed by atoms with Crippen molar-refractivity contribution in [3.8, 4) is 0 Å². The van der Waals surface area contributed by atoms with Crippen LogP contribution >= 0.6 is 35.0 Å². The molecule has 1 aliphatic rings. The molecule has 0 bridgehead atoms. The van der Waals surface area contributed by atoms with E-state index in [0.717, 1.165) is 23.4 Å². The van der Waals surface area contributed by atoms with Gasteiger partial charge in [0, 0.05) is 32.7 Å². The van der Waals surface area contributed by atoms with Gasteiger partial charge in [0.25, 0.3) is 0 Å². The number of halogens is 2. The summed E-state index contributed by atoms with van der Waals surface area (Å²) in [4.78, 5) is 5.41. The predicted octanol–water partition coefficient (Wildman–Crippen LogP) is 4.43. The van der Waals surface area contributed by atoms with E-state index in [-0.39, 0.29) is 5.96 Å². The Balaban J connectivity index is 1.80. The van der Waals surface area contributed by atoms with Crippen LogP contribution in [0, 0.1) is 0 Å². The maximum atomic E-state index is 6.08. The lowest BCUT2D eigenvalue weighted by atomic mass is 10.1. The number of aliphatic imine (C=N–C) groups is 1. The lowest BCUT2D eigenvalue weighted by Crippen LogP contribution is -2.28. The first-order valence-electron chi connectivity index (χ1n) is 6.97. The summed E-state index contributed by atoms with van der Waals surface area (Å²) in [5, 5.41) is 5.69. The Morgan fingerprint density at radius 1 is 1.13 bits per heavy atom. The first-order valence-corrected chi connectivity index (χ1v) is 8.71. The van der Waals surface area contributed by atoms with Crippen LogP contribution in [-0.4, -0.2) is 17.4 Å². The number of thioether (sulfide) groups is 1. The average molecular weight is 365 g/mol. The Hall–Kier alpha value is -1.69. The van der Waals surface area contributed by atoms with Crippen LogP contribution < -0.4 is 11.2 Å². The van der Waals surface area contributed by atoms with Crippen molar-refractivity contribution < 1.29 is 0 Å². The highest BCUT2D eigenvalue weighted by molar-refractivity contribution is 7.99. The first kappa shape index (κ1) is 16.2. The molecule has 3 N–H and O–H groups in total. The Morgan fingerprint density at radius 3 is 2.78 bits per heavy atom. The van der Waals surface area contributed by atoms with Gasteiger partial charge < -0.3 is 5.73 Å². The van der Waals surface area contributed by atoms with Crippen LogP contribution in [0.25, 0.3) is 0 Å². The first-order chi connectivity index (χ1) is 11.1. The van der Waals surface area contributed by atoms with Gasteiger partial charge in [0.1, 0.15) is 0 Å². The van der Waals surface area contributed by atoms with Crippen molar-refractivity contribution in [3.05, 3.63) is 58.1 Å². The van der Waals surface area contributed by atoms with Gasteiger partial charge in [0.15, 0.2) is 0 Å². The molecule has 7 heteroatoms. The molecule has 0 amide bonds. The Kier molecular flexibility index (Phi) is 5.10.